The minimum absolute atomic E-state index is 0.214. The lowest BCUT2D eigenvalue weighted by molar-refractivity contribution is -0.158. The summed E-state index contributed by atoms with van der Waals surface area (Å²) < 4.78 is 37.4. The van der Waals surface area contributed by atoms with E-state index in [9.17, 15) is 23.2 Å². The van der Waals surface area contributed by atoms with Crippen LogP contribution in [-0.4, -0.2) is 49.0 Å². The SMILES string of the molecule is COc1ccccc1NC(=O)C(C)OC(=O)C1CCN(C(=O)c2ccc(F)cc2F)CC1. The largest absolute Gasteiger partial charge is 0.495 e. The molecule has 0 spiro atoms. The van der Waals surface area contributed by atoms with Crippen molar-refractivity contribution in [1.29, 1.82) is 0 Å². The van der Waals surface area contributed by atoms with Crippen LogP contribution in [0.25, 0.3) is 0 Å². The van der Waals surface area contributed by atoms with Gasteiger partial charge in [-0.25, -0.2) is 8.78 Å². The highest BCUT2D eigenvalue weighted by molar-refractivity contribution is 5.96. The number of amides is 2. The Hall–Kier alpha value is -3.49. The van der Waals surface area contributed by atoms with E-state index in [4.69, 9.17) is 9.47 Å². The molecular formula is C23H24F2N2O5. The first-order valence-electron chi connectivity index (χ1n) is 10.2. The van der Waals surface area contributed by atoms with Crippen LogP contribution in [0.3, 0.4) is 0 Å². The molecule has 1 aliphatic heterocycles. The van der Waals surface area contributed by atoms with Gasteiger partial charge in [-0.05, 0) is 44.0 Å². The molecule has 1 aliphatic rings. The summed E-state index contributed by atoms with van der Waals surface area (Å²) in [5, 5.41) is 2.66. The van der Waals surface area contributed by atoms with Gasteiger partial charge in [-0.15, -0.1) is 0 Å². The summed E-state index contributed by atoms with van der Waals surface area (Å²) in [5.74, 6) is -3.28. The topological polar surface area (TPSA) is 84.9 Å². The summed E-state index contributed by atoms with van der Waals surface area (Å²) in [6.45, 7) is 1.91. The standard InChI is InChI=1S/C23H24F2N2O5/c1-14(21(28)26-19-5-3-4-6-20(19)31-2)32-23(30)15-9-11-27(12-10-15)22(29)17-8-7-16(24)13-18(17)25/h3-8,13-15H,9-12H2,1-2H3,(H,26,28). The van der Waals surface area contributed by atoms with Crippen molar-refractivity contribution >= 4 is 23.5 Å². The second kappa shape index (κ2) is 10.2. The molecule has 9 heteroatoms. The van der Waals surface area contributed by atoms with Gasteiger partial charge < -0.3 is 19.7 Å². The number of hydrogen-bond acceptors (Lipinski definition) is 5. The van der Waals surface area contributed by atoms with Gasteiger partial charge >= 0.3 is 5.97 Å². The molecule has 0 aromatic heterocycles. The first-order valence-corrected chi connectivity index (χ1v) is 10.2. The normalized spacial score (nSPS) is 15.1. The molecule has 32 heavy (non-hydrogen) atoms. The molecule has 0 bridgehead atoms. The number of ether oxygens (including phenoxy) is 2. The van der Waals surface area contributed by atoms with Crippen molar-refractivity contribution in [3.05, 3.63) is 59.7 Å². The molecule has 1 fully saturated rings. The number of carbonyl (C=O) groups is 3. The molecule has 0 aliphatic carbocycles. The first kappa shape index (κ1) is 23.2. The lowest BCUT2D eigenvalue weighted by atomic mass is 9.96. The van der Waals surface area contributed by atoms with E-state index in [-0.39, 0.29) is 18.7 Å². The van der Waals surface area contributed by atoms with Gasteiger partial charge in [0.1, 0.15) is 17.4 Å². The molecule has 1 saturated heterocycles. The van der Waals surface area contributed by atoms with Crippen molar-refractivity contribution in [2.24, 2.45) is 5.92 Å². The molecule has 3 rings (SSSR count). The molecule has 1 unspecified atom stereocenters. The molecular weight excluding hydrogens is 422 g/mol. The number of carbonyl (C=O) groups excluding carboxylic acids is 3. The van der Waals surface area contributed by atoms with Gasteiger partial charge in [0.2, 0.25) is 0 Å². The van der Waals surface area contributed by atoms with E-state index in [0.29, 0.717) is 30.3 Å². The van der Waals surface area contributed by atoms with Crippen LogP contribution in [0.5, 0.6) is 5.75 Å². The van der Waals surface area contributed by atoms with Crippen LogP contribution in [0.1, 0.15) is 30.1 Å². The zero-order chi connectivity index (χ0) is 23.3. The van der Waals surface area contributed by atoms with E-state index >= 15 is 0 Å². The number of hydrogen-bond donors (Lipinski definition) is 1. The van der Waals surface area contributed by atoms with Gasteiger partial charge in [-0.3, -0.25) is 14.4 Å². The summed E-state index contributed by atoms with van der Waals surface area (Å²) in [6.07, 6.45) is -0.400. The fourth-order valence-corrected chi connectivity index (χ4v) is 3.46. The Kier molecular flexibility index (Phi) is 7.40. The smallest absolute Gasteiger partial charge is 0.309 e. The van der Waals surface area contributed by atoms with E-state index in [1.54, 1.807) is 24.3 Å². The number of halogens is 2. The number of anilines is 1. The van der Waals surface area contributed by atoms with Crippen LogP contribution in [0.15, 0.2) is 42.5 Å². The summed E-state index contributed by atoms with van der Waals surface area (Å²) in [5.41, 5.74) is 0.247. The summed E-state index contributed by atoms with van der Waals surface area (Å²) in [6, 6.07) is 9.66. The van der Waals surface area contributed by atoms with Crippen LogP contribution < -0.4 is 10.1 Å². The Balaban J connectivity index is 1.51. The number of para-hydroxylation sites is 2. The number of methoxy groups -OCH3 is 1. The number of nitrogens with one attached hydrogen (secondary N) is 1. The van der Waals surface area contributed by atoms with E-state index in [2.05, 4.69) is 5.32 Å². The Labute approximate surface area is 184 Å². The average Bonchev–Trinajstić information content (AvgIpc) is 2.79. The van der Waals surface area contributed by atoms with Crippen LogP contribution in [0, 0.1) is 17.6 Å². The molecule has 1 atom stereocenters. The summed E-state index contributed by atoms with van der Waals surface area (Å²) in [7, 11) is 1.48. The zero-order valence-corrected chi connectivity index (χ0v) is 17.8. The molecule has 170 valence electrons. The highest BCUT2D eigenvalue weighted by Gasteiger charge is 2.31. The van der Waals surface area contributed by atoms with Gasteiger partial charge in [-0.1, -0.05) is 12.1 Å². The molecule has 0 saturated carbocycles. The van der Waals surface area contributed by atoms with Gasteiger partial charge in [0.05, 0.1) is 24.3 Å². The van der Waals surface area contributed by atoms with E-state index in [1.807, 2.05) is 0 Å². The van der Waals surface area contributed by atoms with Crippen molar-refractivity contribution in [1.82, 2.24) is 4.90 Å². The van der Waals surface area contributed by atoms with Gasteiger partial charge in [-0.2, -0.15) is 0 Å². The number of rotatable bonds is 6. The quantitative estimate of drug-likeness (QED) is 0.688. The molecule has 1 heterocycles. The van der Waals surface area contributed by atoms with Crippen LogP contribution in [0.4, 0.5) is 14.5 Å². The molecule has 2 amide bonds. The van der Waals surface area contributed by atoms with Gasteiger partial charge in [0.25, 0.3) is 11.8 Å². The van der Waals surface area contributed by atoms with E-state index < -0.39 is 41.4 Å². The van der Waals surface area contributed by atoms with Crippen molar-refractivity contribution in [2.45, 2.75) is 25.9 Å². The number of piperidine rings is 1. The monoisotopic (exact) mass is 446 g/mol. The first-order chi connectivity index (χ1) is 15.3. The molecule has 7 nitrogen and oxygen atoms in total. The fourth-order valence-electron chi connectivity index (χ4n) is 3.46. The highest BCUT2D eigenvalue weighted by atomic mass is 19.1. The van der Waals surface area contributed by atoms with E-state index in [1.165, 1.54) is 18.9 Å². The Morgan fingerprint density at radius 1 is 1.09 bits per heavy atom. The number of benzene rings is 2. The minimum Gasteiger partial charge on any atom is -0.495 e. The summed E-state index contributed by atoms with van der Waals surface area (Å²) >= 11 is 0. The molecule has 2 aromatic rings. The second-order valence-corrected chi connectivity index (χ2v) is 7.46. The van der Waals surface area contributed by atoms with Gasteiger partial charge in [0, 0.05) is 19.2 Å². The Bertz CT molecular complexity index is 1010. The lowest BCUT2D eigenvalue weighted by Gasteiger charge is -2.31. The third kappa shape index (κ3) is 5.40. The second-order valence-electron chi connectivity index (χ2n) is 7.46. The van der Waals surface area contributed by atoms with E-state index in [0.717, 1.165) is 12.1 Å². The molecule has 2 aromatic carbocycles. The van der Waals surface area contributed by atoms with Crippen molar-refractivity contribution in [3.8, 4) is 5.75 Å². The van der Waals surface area contributed by atoms with Crippen LogP contribution in [0.2, 0.25) is 0 Å². The average molecular weight is 446 g/mol. The summed E-state index contributed by atoms with van der Waals surface area (Å²) in [4.78, 5) is 38.8. The van der Waals surface area contributed by atoms with Crippen molar-refractivity contribution in [3.63, 3.8) is 0 Å². The fraction of sp³-hybridized carbons (Fsp3) is 0.348. The van der Waals surface area contributed by atoms with Crippen molar-refractivity contribution < 1.29 is 32.6 Å². The zero-order valence-electron chi connectivity index (χ0n) is 17.8. The molecule has 0 radical (unpaired) electrons. The van der Waals surface area contributed by atoms with Crippen molar-refractivity contribution in [2.75, 3.05) is 25.5 Å². The highest BCUT2D eigenvalue weighted by Crippen LogP contribution is 2.24. The third-order valence-corrected chi connectivity index (χ3v) is 5.30. The Morgan fingerprint density at radius 2 is 1.78 bits per heavy atom. The van der Waals surface area contributed by atoms with Gasteiger partial charge in [0.15, 0.2) is 6.10 Å². The molecule has 1 N–H and O–H groups in total. The lowest BCUT2D eigenvalue weighted by Crippen LogP contribution is -2.42. The predicted octanol–water partition coefficient (Wildman–Crippen LogP) is 3.40. The number of likely N-dealkylation sites (tertiary alicyclic amines) is 1. The minimum atomic E-state index is -1.03. The maximum Gasteiger partial charge on any atom is 0.309 e. The number of nitrogens with zero attached hydrogens (tertiary/aromatic N) is 1. The third-order valence-electron chi connectivity index (χ3n) is 5.30. The predicted molar refractivity (Wildman–Crippen MR) is 112 cm³/mol. The Morgan fingerprint density at radius 3 is 2.44 bits per heavy atom. The maximum atomic E-state index is 13.9. The number of esters is 1. The van der Waals surface area contributed by atoms with Crippen LogP contribution >= 0.6 is 0 Å². The maximum absolute atomic E-state index is 13.9. The van der Waals surface area contributed by atoms with Crippen LogP contribution in [-0.2, 0) is 14.3 Å².